The standard InChI is InChI=1S/C20H23F3N4/c21-20(22,23)16-4-5-19(25-13-16)27-11-7-15-6-10-26(18(15)14-27)12-8-17-3-1-2-9-24-17/h1-5,9,13,15,18H,6-8,10-12,14H2. The number of hydrogen-bond acceptors (Lipinski definition) is 4. The second-order valence-corrected chi connectivity index (χ2v) is 7.36. The van der Waals surface area contributed by atoms with E-state index in [0.717, 1.165) is 57.0 Å². The number of hydrogen-bond donors (Lipinski definition) is 0. The third-order valence-electron chi connectivity index (χ3n) is 5.76. The van der Waals surface area contributed by atoms with Gasteiger partial charge in [-0.15, -0.1) is 0 Å². The fourth-order valence-electron chi connectivity index (χ4n) is 4.26. The van der Waals surface area contributed by atoms with Gasteiger partial charge in [0.1, 0.15) is 5.82 Å². The van der Waals surface area contributed by atoms with Crippen molar-refractivity contribution in [1.29, 1.82) is 0 Å². The summed E-state index contributed by atoms with van der Waals surface area (Å²) in [6.07, 6.45) is 1.60. The van der Waals surface area contributed by atoms with Crippen molar-refractivity contribution in [3.8, 4) is 0 Å². The van der Waals surface area contributed by atoms with Crippen LogP contribution >= 0.6 is 0 Å². The maximum Gasteiger partial charge on any atom is 0.417 e. The Labute approximate surface area is 157 Å². The number of piperidine rings is 1. The molecule has 2 aliphatic heterocycles. The predicted octanol–water partition coefficient (Wildman–Crippen LogP) is 3.64. The van der Waals surface area contributed by atoms with Crippen LogP contribution in [0.3, 0.4) is 0 Å². The Morgan fingerprint density at radius 2 is 1.89 bits per heavy atom. The van der Waals surface area contributed by atoms with Crippen molar-refractivity contribution in [1.82, 2.24) is 14.9 Å². The quantitative estimate of drug-likeness (QED) is 0.816. The van der Waals surface area contributed by atoms with Gasteiger partial charge in [-0.3, -0.25) is 9.88 Å². The van der Waals surface area contributed by atoms with Crippen LogP contribution in [0.1, 0.15) is 24.1 Å². The molecule has 2 aromatic rings. The third-order valence-corrected chi connectivity index (χ3v) is 5.76. The molecule has 0 aromatic carbocycles. The molecule has 0 saturated carbocycles. The van der Waals surface area contributed by atoms with Crippen molar-refractivity contribution < 1.29 is 13.2 Å². The lowest BCUT2D eigenvalue weighted by Crippen LogP contribution is -2.48. The summed E-state index contributed by atoms with van der Waals surface area (Å²) in [4.78, 5) is 13.1. The Bertz CT molecular complexity index is 748. The summed E-state index contributed by atoms with van der Waals surface area (Å²) in [6, 6.07) is 9.04. The molecule has 0 N–H and O–H groups in total. The van der Waals surface area contributed by atoms with Crippen LogP contribution < -0.4 is 4.90 Å². The summed E-state index contributed by atoms with van der Waals surface area (Å²) in [5.74, 6) is 1.30. The molecule has 0 radical (unpaired) electrons. The van der Waals surface area contributed by atoms with Crippen LogP contribution in [0.25, 0.3) is 0 Å². The summed E-state index contributed by atoms with van der Waals surface area (Å²) >= 11 is 0. The number of pyridine rings is 2. The first-order valence-corrected chi connectivity index (χ1v) is 9.43. The number of likely N-dealkylation sites (tertiary alicyclic amines) is 1. The van der Waals surface area contributed by atoms with Gasteiger partial charge in [0.15, 0.2) is 0 Å². The van der Waals surface area contributed by atoms with Gasteiger partial charge < -0.3 is 4.90 Å². The van der Waals surface area contributed by atoms with Gasteiger partial charge in [-0.2, -0.15) is 13.2 Å². The SMILES string of the molecule is FC(F)(F)c1ccc(N2CCC3CCN(CCc4ccccn4)C3C2)nc1. The number of rotatable bonds is 4. The van der Waals surface area contributed by atoms with Gasteiger partial charge in [-0.1, -0.05) is 6.07 Å². The highest BCUT2D eigenvalue weighted by molar-refractivity contribution is 5.41. The summed E-state index contributed by atoms with van der Waals surface area (Å²) in [5.41, 5.74) is 0.400. The molecular weight excluding hydrogens is 353 g/mol. The average Bonchev–Trinajstić information content (AvgIpc) is 3.09. The van der Waals surface area contributed by atoms with Crippen molar-refractivity contribution in [2.24, 2.45) is 5.92 Å². The monoisotopic (exact) mass is 376 g/mol. The van der Waals surface area contributed by atoms with Crippen LogP contribution in [-0.4, -0.2) is 47.1 Å². The van der Waals surface area contributed by atoms with E-state index in [-0.39, 0.29) is 0 Å². The highest BCUT2D eigenvalue weighted by Gasteiger charge is 2.38. The van der Waals surface area contributed by atoms with E-state index in [2.05, 4.69) is 19.8 Å². The van der Waals surface area contributed by atoms with Crippen molar-refractivity contribution in [3.05, 3.63) is 54.0 Å². The zero-order valence-corrected chi connectivity index (χ0v) is 15.1. The lowest BCUT2D eigenvalue weighted by Gasteiger charge is -2.39. The molecule has 2 saturated heterocycles. The van der Waals surface area contributed by atoms with Crippen LogP contribution in [-0.2, 0) is 12.6 Å². The first-order valence-electron chi connectivity index (χ1n) is 9.43. The van der Waals surface area contributed by atoms with E-state index in [9.17, 15) is 13.2 Å². The predicted molar refractivity (Wildman–Crippen MR) is 97.5 cm³/mol. The summed E-state index contributed by atoms with van der Waals surface area (Å²) in [6.45, 7) is 3.72. The molecule has 2 aliphatic rings. The fourth-order valence-corrected chi connectivity index (χ4v) is 4.26. The van der Waals surface area contributed by atoms with Crippen LogP contribution in [0.4, 0.5) is 19.0 Å². The molecule has 2 atom stereocenters. The highest BCUT2D eigenvalue weighted by Crippen LogP contribution is 2.34. The van der Waals surface area contributed by atoms with Gasteiger partial charge in [-0.05, 0) is 49.6 Å². The lowest BCUT2D eigenvalue weighted by molar-refractivity contribution is -0.137. The van der Waals surface area contributed by atoms with E-state index in [4.69, 9.17) is 0 Å². The highest BCUT2D eigenvalue weighted by atomic mass is 19.4. The number of anilines is 1. The molecule has 7 heteroatoms. The summed E-state index contributed by atoms with van der Waals surface area (Å²) in [7, 11) is 0. The third kappa shape index (κ3) is 4.08. The van der Waals surface area contributed by atoms with Crippen LogP contribution in [0.5, 0.6) is 0 Å². The molecule has 0 amide bonds. The van der Waals surface area contributed by atoms with E-state index < -0.39 is 11.7 Å². The molecule has 0 bridgehead atoms. The Morgan fingerprint density at radius 1 is 1.04 bits per heavy atom. The van der Waals surface area contributed by atoms with E-state index in [1.165, 1.54) is 12.5 Å². The number of halogens is 3. The molecule has 0 spiro atoms. The molecule has 4 nitrogen and oxygen atoms in total. The Balaban J connectivity index is 1.40. The molecule has 0 aliphatic carbocycles. The van der Waals surface area contributed by atoms with Gasteiger partial charge in [0.2, 0.25) is 0 Å². The van der Waals surface area contributed by atoms with E-state index >= 15 is 0 Å². The molecule has 144 valence electrons. The smallest absolute Gasteiger partial charge is 0.355 e. The van der Waals surface area contributed by atoms with Gasteiger partial charge in [0.05, 0.1) is 5.56 Å². The number of fused-ring (bicyclic) bond motifs is 1. The Morgan fingerprint density at radius 3 is 2.59 bits per heavy atom. The number of nitrogens with zero attached hydrogens (tertiary/aromatic N) is 4. The Hall–Kier alpha value is -2.15. The summed E-state index contributed by atoms with van der Waals surface area (Å²) in [5, 5.41) is 0. The first-order chi connectivity index (χ1) is 13.0. The first kappa shape index (κ1) is 18.2. The van der Waals surface area contributed by atoms with Crippen molar-refractivity contribution in [2.75, 3.05) is 31.1 Å². The zero-order valence-electron chi connectivity index (χ0n) is 15.1. The van der Waals surface area contributed by atoms with E-state index in [0.29, 0.717) is 17.8 Å². The minimum absolute atomic E-state index is 0.437. The van der Waals surface area contributed by atoms with Crippen LogP contribution in [0.15, 0.2) is 42.7 Å². The Kier molecular flexibility index (Phi) is 5.04. The molecular formula is C20H23F3N4. The number of aromatic nitrogens is 2. The minimum atomic E-state index is -4.34. The van der Waals surface area contributed by atoms with Gasteiger partial charge in [-0.25, -0.2) is 4.98 Å². The van der Waals surface area contributed by atoms with Gasteiger partial charge in [0, 0.05) is 50.2 Å². The van der Waals surface area contributed by atoms with Crippen molar-refractivity contribution in [2.45, 2.75) is 31.5 Å². The van der Waals surface area contributed by atoms with Crippen LogP contribution in [0.2, 0.25) is 0 Å². The van der Waals surface area contributed by atoms with E-state index in [1.807, 2.05) is 24.4 Å². The number of alkyl halides is 3. The second kappa shape index (κ2) is 7.46. The van der Waals surface area contributed by atoms with Crippen LogP contribution in [0, 0.1) is 5.92 Å². The minimum Gasteiger partial charge on any atom is -0.355 e. The largest absolute Gasteiger partial charge is 0.417 e. The lowest BCUT2D eigenvalue weighted by atomic mass is 9.92. The van der Waals surface area contributed by atoms with E-state index in [1.54, 1.807) is 0 Å². The molecule has 4 heterocycles. The van der Waals surface area contributed by atoms with Crippen molar-refractivity contribution >= 4 is 5.82 Å². The maximum absolute atomic E-state index is 12.7. The summed E-state index contributed by atoms with van der Waals surface area (Å²) < 4.78 is 38.2. The second-order valence-electron chi connectivity index (χ2n) is 7.36. The molecule has 27 heavy (non-hydrogen) atoms. The normalized spacial score (nSPS) is 23.4. The molecule has 2 aromatic heterocycles. The molecule has 4 rings (SSSR count). The van der Waals surface area contributed by atoms with Gasteiger partial charge in [0.25, 0.3) is 0 Å². The van der Waals surface area contributed by atoms with Gasteiger partial charge >= 0.3 is 6.18 Å². The zero-order chi connectivity index (χ0) is 18.9. The average molecular weight is 376 g/mol. The topological polar surface area (TPSA) is 32.3 Å². The maximum atomic E-state index is 12.7. The molecule has 2 fully saturated rings. The fraction of sp³-hybridized carbons (Fsp3) is 0.500. The van der Waals surface area contributed by atoms with Crippen molar-refractivity contribution in [3.63, 3.8) is 0 Å². The molecule has 2 unspecified atom stereocenters.